The summed E-state index contributed by atoms with van der Waals surface area (Å²) in [6, 6.07) is 4.20. The highest BCUT2D eigenvalue weighted by Crippen LogP contribution is 2.23. The van der Waals surface area contributed by atoms with Crippen molar-refractivity contribution in [1.29, 1.82) is 0 Å². The molecule has 0 radical (unpaired) electrons. The summed E-state index contributed by atoms with van der Waals surface area (Å²) in [4.78, 5) is 8.85. The van der Waals surface area contributed by atoms with E-state index in [0.717, 1.165) is 29.0 Å². The van der Waals surface area contributed by atoms with Gasteiger partial charge in [-0.3, -0.25) is 4.99 Å². The van der Waals surface area contributed by atoms with Gasteiger partial charge >= 0.3 is 0 Å². The minimum absolute atomic E-state index is 0.418. The first-order valence-electron chi connectivity index (χ1n) is 5.84. The van der Waals surface area contributed by atoms with Crippen molar-refractivity contribution >= 4 is 17.3 Å². The molecule has 3 heterocycles. The maximum atomic E-state index is 5.32. The first kappa shape index (κ1) is 11.3. The molecule has 0 fully saturated rings. The Morgan fingerprint density at radius 1 is 1.61 bits per heavy atom. The van der Waals surface area contributed by atoms with Crippen molar-refractivity contribution in [3.63, 3.8) is 0 Å². The van der Waals surface area contributed by atoms with Crippen molar-refractivity contribution in [3.05, 3.63) is 29.5 Å². The maximum Gasteiger partial charge on any atom is 0.191 e. The van der Waals surface area contributed by atoms with Gasteiger partial charge in [0.2, 0.25) is 0 Å². The lowest BCUT2D eigenvalue weighted by atomic mass is 10.4. The summed E-state index contributed by atoms with van der Waals surface area (Å²) >= 11 is 1.59. The van der Waals surface area contributed by atoms with E-state index in [9.17, 15) is 0 Å². The van der Waals surface area contributed by atoms with Crippen LogP contribution >= 0.6 is 11.3 Å². The maximum absolute atomic E-state index is 5.32. The van der Waals surface area contributed by atoms with E-state index in [1.165, 1.54) is 0 Å². The summed E-state index contributed by atoms with van der Waals surface area (Å²) in [5, 5.41) is 9.43. The van der Waals surface area contributed by atoms with E-state index in [1.54, 1.807) is 17.6 Å². The average Bonchev–Trinajstić information content (AvgIpc) is 3.07. The minimum Gasteiger partial charge on any atom is -0.462 e. The van der Waals surface area contributed by atoms with E-state index < -0.39 is 0 Å². The number of rotatable bonds is 3. The third kappa shape index (κ3) is 2.38. The highest BCUT2D eigenvalue weighted by atomic mass is 32.1. The molecule has 94 valence electrons. The number of nitrogens with one attached hydrogen (secondary N) is 2. The smallest absolute Gasteiger partial charge is 0.191 e. The van der Waals surface area contributed by atoms with Gasteiger partial charge in [0.05, 0.1) is 25.0 Å². The third-order valence-corrected chi connectivity index (χ3v) is 3.53. The molecule has 0 spiro atoms. The van der Waals surface area contributed by atoms with Crippen LogP contribution in [0.5, 0.6) is 0 Å². The van der Waals surface area contributed by atoms with Gasteiger partial charge in [0.15, 0.2) is 16.7 Å². The van der Waals surface area contributed by atoms with Crippen molar-refractivity contribution in [2.45, 2.75) is 19.5 Å². The lowest BCUT2D eigenvalue weighted by Gasteiger charge is -2.06. The lowest BCUT2D eigenvalue weighted by molar-refractivity contribution is 0.581. The number of thiazole rings is 1. The lowest BCUT2D eigenvalue weighted by Crippen LogP contribution is -2.37. The predicted octanol–water partition coefficient (Wildman–Crippen LogP) is 1.84. The Morgan fingerprint density at radius 3 is 3.28 bits per heavy atom. The van der Waals surface area contributed by atoms with Gasteiger partial charge in [0, 0.05) is 11.4 Å². The van der Waals surface area contributed by atoms with E-state index >= 15 is 0 Å². The molecule has 0 aliphatic carbocycles. The van der Waals surface area contributed by atoms with Gasteiger partial charge in [0.1, 0.15) is 0 Å². The molecule has 0 aromatic carbocycles. The van der Waals surface area contributed by atoms with Crippen molar-refractivity contribution in [1.82, 2.24) is 15.6 Å². The molecule has 0 saturated carbocycles. The highest BCUT2D eigenvalue weighted by molar-refractivity contribution is 7.13. The number of nitrogens with zero attached hydrogens (tertiary/aromatic N) is 2. The van der Waals surface area contributed by atoms with Crippen LogP contribution in [0.25, 0.3) is 10.8 Å². The second kappa shape index (κ2) is 4.81. The van der Waals surface area contributed by atoms with Crippen molar-refractivity contribution < 1.29 is 4.42 Å². The monoisotopic (exact) mass is 262 g/mol. The third-order valence-electron chi connectivity index (χ3n) is 2.63. The predicted molar refractivity (Wildman–Crippen MR) is 71.6 cm³/mol. The van der Waals surface area contributed by atoms with Crippen LogP contribution in [0, 0.1) is 0 Å². The Hall–Kier alpha value is -1.82. The summed E-state index contributed by atoms with van der Waals surface area (Å²) in [5.41, 5.74) is 0.996. The van der Waals surface area contributed by atoms with Gasteiger partial charge in [-0.15, -0.1) is 11.3 Å². The number of hydrogen-bond donors (Lipinski definition) is 2. The second-order valence-corrected chi connectivity index (χ2v) is 5.07. The summed E-state index contributed by atoms with van der Waals surface area (Å²) in [5.74, 6) is 1.67. The molecule has 5 nitrogen and oxygen atoms in total. The van der Waals surface area contributed by atoms with Crippen LogP contribution in [-0.4, -0.2) is 23.5 Å². The fraction of sp³-hybridized carbons (Fsp3) is 0.333. The quantitative estimate of drug-likeness (QED) is 0.886. The number of guanidine groups is 1. The van der Waals surface area contributed by atoms with Gasteiger partial charge in [-0.05, 0) is 19.1 Å². The van der Waals surface area contributed by atoms with Crippen molar-refractivity contribution in [2.75, 3.05) is 6.54 Å². The first-order valence-corrected chi connectivity index (χ1v) is 6.72. The van der Waals surface area contributed by atoms with Crippen LogP contribution in [0.4, 0.5) is 0 Å². The molecule has 1 aliphatic heterocycles. The minimum atomic E-state index is 0.418. The fourth-order valence-electron chi connectivity index (χ4n) is 1.74. The SMILES string of the molecule is CC1CN=C(NCc2csc(-c3ccco3)n2)N1. The summed E-state index contributed by atoms with van der Waals surface area (Å²) in [6.07, 6.45) is 1.66. The molecule has 3 rings (SSSR count). The Balaban J connectivity index is 1.61. The van der Waals surface area contributed by atoms with Gasteiger partial charge in [0.25, 0.3) is 0 Å². The molecule has 0 bridgehead atoms. The van der Waals surface area contributed by atoms with E-state index in [2.05, 4.69) is 27.5 Å². The van der Waals surface area contributed by atoms with Crippen LogP contribution in [0.2, 0.25) is 0 Å². The van der Waals surface area contributed by atoms with Gasteiger partial charge in [-0.2, -0.15) is 0 Å². The fourth-order valence-corrected chi connectivity index (χ4v) is 2.52. The number of furan rings is 1. The number of aliphatic imine (C=N–C) groups is 1. The Bertz CT molecular complexity index is 546. The standard InChI is InChI=1S/C12H14N4OS/c1-8-5-13-12(15-8)14-6-9-7-18-11(16-9)10-3-2-4-17-10/h2-4,7-8H,5-6H2,1H3,(H2,13,14,15). The molecule has 2 aromatic rings. The van der Waals surface area contributed by atoms with Crippen LogP contribution in [-0.2, 0) is 6.54 Å². The van der Waals surface area contributed by atoms with E-state index in [4.69, 9.17) is 4.42 Å². The molecule has 1 unspecified atom stereocenters. The number of aromatic nitrogens is 1. The van der Waals surface area contributed by atoms with Crippen molar-refractivity contribution in [2.24, 2.45) is 4.99 Å². The zero-order valence-corrected chi connectivity index (χ0v) is 10.8. The van der Waals surface area contributed by atoms with E-state index in [-0.39, 0.29) is 0 Å². The Morgan fingerprint density at radius 2 is 2.56 bits per heavy atom. The molecule has 2 aromatic heterocycles. The molecular weight excluding hydrogens is 248 g/mol. The first-order chi connectivity index (χ1) is 8.81. The van der Waals surface area contributed by atoms with E-state index in [1.807, 2.05) is 17.5 Å². The molecule has 1 aliphatic rings. The largest absolute Gasteiger partial charge is 0.462 e. The normalized spacial score (nSPS) is 18.5. The van der Waals surface area contributed by atoms with Crippen LogP contribution in [0.15, 0.2) is 33.2 Å². The summed E-state index contributed by atoms with van der Waals surface area (Å²) in [7, 11) is 0. The van der Waals surface area contributed by atoms with E-state index in [0.29, 0.717) is 12.6 Å². The van der Waals surface area contributed by atoms with Gasteiger partial charge < -0.3 is 15.1 Å². The molecule has 2 N–H and O–H groups in total. The van der Waals surface area contributed by atoms with Crippen LogP contribution < -0.4 is 10.6 Å². The Kier molecular flexibility index (Phi) is 3.02. The molecule has 0 saturated heterocycles. The zero-order chi connectivity index (χ0) is 12.4. The topological polar surface area (TPSA) is 62.5 Å². The molecule has 6 heteroatoms. The molecular formula is C12H14N4OS. The average molecular weight is 262 g/mol. The number of hydrogen-bond acceptors (Lipinski definition) is 6. The van der Waals surface area contributed by atoms with Gasteiger partial charge in [-0.1, -0.05) is 0 Å². The van der Waals surface area contributed by atoms with Gasteiger partial charge in [-0.25, -0.2) is 4.98 Å². The second-order valence-electron chi connectivity index (χ2n) is 4.21. The molecule has 0 amide bonds. The highest BCUT2D eigenvalue weighted by Gasteiger charge is 2.12. The molecule has 1 atom stereocenters. The molecule has 18 heavy (non-hydrogen) atoms. The van der Waals surface area contributed by atoms with Crippen LogP contribution in [0.3, 0.4) is 0 Å². The van der Waals surface area contributed by atoms with Crippen LogP contribution in [0.1, 0.15) is 12.6 Å². The summed E-state index contributed by atoms with van der Waals surface area (Å²) < 4.78 is 5.32. The summed E-state index contributed by atoms with van der Waals surface area (Å²) in [6.45, 7) is 3.61. The zero-order valence-electron chi connectivity index (χ0n) is 10.0. The Labute approximate surface area is 109 Å². The van der Waals surface area contributed by atoms with Crippen molar-refractivity contribution in [3.8, 4) is 10.8 Å².